The van der Waals surface area contributed by atoms with E-state index in [1.54, 1.807) is 10.3 Å². The minimum Gasteiger partial charge on any atom is -0.453 e. The second-order valence-electron chi connectivity index (χ2n) is 9.27. The van der Waals surface area contributed by atoms with Crippen LogP contribution in [0.1, 0.15) is 58.8 Å². The highest BCUT2D eigenvalue weighted by Crippen LogP contribution is 2.42. The number of thiazole rings is 1. The number of alkyl halides is 6. The molecule has 0 N–H and O–H groups in total. The molecule has 1 atom stereocenters. The smallest absolute Gasteiger partial charge is 0.433 e. The maximum absolute atomic E-state index is 13.5. The molecule has 0 bridgehead atoms. The van der Waals surface area contributed by atoms with E-state index >= 15 is 0 Å². The van der Waals surface area contributed by atoms with Gasteiger partial charge in [-0.05, 0) is 31.0 Å². The second-order valence-corrected chi connectivity index (χ2v) is 10.6. The van der Waals surface area contributed by atoms with Gasteiger partial charge in [0, 0.05) is 47.6 Å². The van der Waals surface area contributed by atoms with Crippen molar-refractivity contribution in [3.05, 3.63) is 68.4 Å². The summed E-state index contributed by atoms with van der Waals surface area (Å²) in [5.74, 6) is -0.379. The first-order valence-corrected chi connectivity index (χ1v) is 13.5. The number of ether oxygens (including phenoxy) is 1. The fourth-order valence-corrected chi connectivity index (χ4v) is 5.86. The van der Waals surface area contributed by atoms with Crippen LogP contribution in [0.15, 0.2) is 41.0 Å². The molecule has 1 saturated heterocycles. The van der Waals surface area contributed by atoms with Crippen LogP contribution in [0.5, 0.6) is 6.01 Å². The Morgan fingerprint density at radius 3 is 2.56 bits per heavy atom. The van der Waals surface area contributed by atoms with E-state index in [2.05, 4.69) is 20.1 Å². The van der Waals surface area contributed by atoms with Gasteiger partial charge < -0.3 is 14.5 Å². The lowest BCUT2D eigenvalue weighted by atomic mass is 9.97. The van der Waals surface area contributed by atoms with Gasteiger partial charge in [0.2, 0.25) is 0 Å². The summed E-state index contributed by atoms with van der Waals surface area (Å²) in [6.07, 6.45) is -8.12. The average molecular weight is 620 g/mol. The molecule has 2 aromatic heterocycles. The third kappa shape index (κ3) is 6.56. The van der Waals surface area contributed by atoms with E-state index in [9.17, 15) is 31.1 Å². The zero-order valence-electron chi connectivity index (χ0n) is 20.9. The number of amides is 1. The molecular weight excluding hydrogens is 600 g/mol. The molecule has 2 aliphatic rings. The van der Waals surface area contributed by atoms with Crippen molar-refractivity contribution in [1.29, 1.82) is 0 Å². The van der Waals surface area contributed by atoms with Crippen LogP contribution in [-0.2, 0) is 22.0 Å². The van der Waals surface area contributed by atoms with E-state index in [-0.39, 0.29) is 22.9 Å². The van der Waals surface area contributed by atoms with Crippen molar-refractivity contribution in [3.63, 3.8) is 0 Å². The maximum Gasteiger partial charge on any atom is 0.433 e. The van der Waals surface area contributed by atoms with Crippen LogP contribution in [-0.4, -0.2) is 51.2 Å². The molecule has 1 fully saturated rings. The topological polar surface area (TPSA) is 89.8 Å². The molecular formula is C25H20ClF6N5O3S. The van der Waals surface area contributed by atoms with Crippen molar-refractivity contribution in [2.24, 2.45) is 5.16 Å². The average Bonchev–Trinajstić information content (AvgIpc) is 3.61. The normalized spacial score (nSPS) is 18.3. The maximum atomic E-state index is 13.5. The Morgan fingerprint density at radius 1 is 1.10 bits per heavy atom. The van der Waals surface area contributed by atoms with Crippen molar-refractivity contribution in [1.82, 2.24) is 19.9 Å². The highest BCUT2D eigenvalue weighted by molar-refractivity contribution is 7.10. The predicted molar refractivity (Wildman–Crippen MR) is 135 cm³/mol. The Balaban J connectivity index is 1.15. The number of benzene rings is 1. The molecule has 16 heteroatoms. The number of piperidine rings is 1. The Morgan fingerprint density at radius 2 is 1.85 bits per heavy atom. The quantitative estimate of drug-likeness (QED) is 0.302. The van der Waals surface area contributed by atoms with Crippen LogP contribution in [0, 0.1) is 0 Å². The molecule has 0 saturated carbocycles. The number of carbonyl (C=O) groups excluding carboxylic acids is 1. The summed E-state index contributed by atoms with van der Waals surface area (Å²) in [6.45, 7) is 0.254. The SMILES string of the molecule is O=C(COc1nccc(C(F)(F)F)n1)N1CCC(c2nc(C3=NOC(c4c(Cl)cccc4C(F)(F)F)C3)cs2)CC1. The number of halogens is 7. The standard InChI is InChI=1S/C25H20ClF6N5O3S/c26-15-3-1-2-14(24(27,28)29)21(15)18-10-16(36-40-18)17-12-41-22(34-17)13-5-8-37(9-6-13)20(38)11-39-23-33-7-4-19(35-23)25(30,31)32/h1-4,7,12-13,18H,5-6,8-11H2. The Hall–Kier alpha value is -3.46. The first-order valence-electron chi connectivity index (χ1n) is 12.2. The van der Waals surface area contributed by atoms with E-state index in [0.717, 1.165) is 17.3 Å². The molecule has 41 heavy (non-hydrogen) atoms. The lowest BCUT2D eigenvalue weighted by molar-refractivity contribution is -0.141. The van der Waals surface area contributed by atoms with Gasteiger partial charge in [-0.1, -0.05) is 22.8 Å². The van der Waals surface area contributed by atoms with Crippen LogP contribution in [0.3, 0.4) is 0 Å². The predicted octanol–water partition coefficient (Wildman–Crippen LogP) is 6.27. The number of likely N-dealkylation sites (tertiary alicyclic amines) is 1. The molecule has 218 valence electrons. The molecule has 8 nitrogen and oxygen atoms in total. The van der Waals surface area contributed by atoms with E-state index in [1.807, 2.05) is 0 Å². The van der Waals surface area contributed by atoms with Gasteiger partial charge in [0.15, 0.2) is 18.4 Å². The van der Waals surface area contributed by atoms with Crippen molar-refractivity contribution in [2.45, 2.75) is 43.6 Å². The van der Waals surface area contributed by atoms with Crippen molar-refractivity contribution in [2.75, 3.05) is 19.7 Å². The molecule has 0 radical (unpaired) electrons. The molecule has 1 amide bonds. The Kier molecular flexibility index (Phi) is 8.10. The number of aromatic nitrogens is 3. The summed E-state index contributed by atoms with van der Waals surface area (Å²) in [6, 6.07) is 3.72. The number of rotatable bonds is 6. The van der Waals surface area contributed by atoms with Gasteiger partial charge in [-0.15, -0.1) is 11.3 Å². The molecule has 5 rings (SSSR count). The van der Waals surface area contributed by atoms with Crippen molar-refractivity contribution < 1.29 is 40.7 Å². The summed E-state index contributed by atoms with van der Waals surface area (Å²) < 4.78 is 84.1. The van der Waals surface area contributed by atoms with Gasteiger partial charge in [0.25, 0.3) is 5.91 Å². The minimum atomic E-state index is -4.66. The Labute approximate surface area is 238 Å². The number of oxime groups is 1. The highest BCUT2D eigenvalue weighted by atomic mass is 35.5. The first kappa shape index (κ1) is 29.0. The summed E-state index contributed by atoms with van der Waals surface area (Å²) in [5, 5.41) is 6.47. The monoisotopic (exact) mass is 619 g/mol. The van der Waals surface area contributed by atoms with E-state index in [4.69, 9.17) is 21.2 Å². The summed E-state index contributed by atoms with van der Waals surface area (Å²) >= 11 is 7.48. The summed E-state index contributed by atoms with van der Waals surface area (Å²) in [5.41, 5.74) is -1.30. The minimum absolute atomic E-state index is 0.0321. The summed E-state index contributed by atoms with van der Waals surface area (Å²) in [7, 11) is 0. The fraction of sp³-hybridized carbons (Fsp3) is 0.400. The van der Waals surface area contributed by atoms with E-state index in [0.29, 0.717) is 43.4 Å². The fourth-order valence-electron chi connectivity index (χ4n) is 4.56. The van der Waals surface area contributed by atoms with Crippen molar-refractivity contribution >= 4 is 34.6 Å². The van der Waals surface area contributed by atoms with Gasteiger partial charge in [-0.2, -0.15) is 31.3 Å². The van der Waals surface area contributed by atoms with Crippen molar-refractivity contribution in [3.8, 4) is 6.01 Å². The second kappa shape index (κ2) is 11.4. The third-order valence-corrected chi connectivity index (χ3v) is 7.95. The third-order valence-electron chi connectivity index (χ3n) is 6.61. The largest absolute Gasteiger partial charge is 0.453 e. The Bertz CT molecular complexity index is 1460. The van der Waals surface area contributed by atoms with Crippen LogP contribution in [0.25, 0.3) is 0 Å². The lowest BCUT2D eigenvalue weighted by Crippen LogP contribution is -2.40. The van der Waals surface area contributed by atoms with E-state index < -0.39 is 48.2 Å². The molecule has 3 aromatic rings. The van der Waals surface area contributed by atoms with Crippen LogP contribution in [0.4, 0.5) is 26.3 Å². The lowest BCUT2D eigenvalue weighted by Gasteiger charge is -2.31. The van der Waals surface area contributed by atoms with Crippen LogP contribution >= 0.6 is 22.9 Å². The molecule has 1 unspecified atom stereocenters. The van der Waals surface area contributed by atoms with E-state index in [1.165, 1.54) is 23.5 Å². The molecule has 1 aromatic carbocycles. The van der Waals surface area contributed by atoms with Gasteiger partial charge in [-0.3, -0.25) is 4.79 Å². The number of carbonyl (C=O) groups is 1. The number of nitrogens with zero attached hydrogens (tertiary/aromatic N) is 5. The molecule has 2 aliphatic heterocycles. The highest BCUT2D eigenvalue weighted by Gasteiger charge is 2.39. The van der Waals surface area contributed by atoms with Gasteiger partial charge in [0.1, 0.15) is 5.71 Å². The molecule has 0 aliphatic carbocycles. The zero-order chi connectivity index (χ0) is 29.4. The first-order chi connectivity index (χ1) is 19.4. The molecule has 0 spiro atoms. The zero-order valence-corrected chi connectivity index (χ0v) is 22.4. The number of hydrogen-bond acceptors (Lipinski definition) is 8. The van der Waals surface area contributed by atoms with Gasteiger partial charge >= 0.3 is 18.4 Å². The number of hydrogen-bond donors (Lipinski definition) is 0. The van der Waals surface area contributed by atoms with Crippen LogP contribution < -0.4 is 4.74 Å². The van der Waals surface area contributed by atoms with Gasteiger partial charge in [0.05, 0.1) is 16.3 Å². The van der Waals surface area contributed by atoms with Gasteiger partial charge in [-0.25, -0.2) is 9.97 Å². The van der Waals surface area contributed by atoms with Crippen LogP contribution in [0.2, 0.25) is 5.02 Å². The summed E-state index contributed by atoms with van der Waals surface area (Å²) in [4.78, 5) is 30.9. The molecule has 4 heterocycles.